The minimum absolute atomic E-state index is 0.0825. The number of carbonyl (C=O) groups is 1. The molecule has 174 valence electrons. The Morgan fingerprint density at radius 3 is 2.68 bits per heavy atom. The Bertz CT molecular complexity index is 1520. The van der Waals surface area contributed by atoms with Crippen LogP contribution >= 0.6 is 11.3 Å². The Labute approximate surface area is 195 Å². The van der Waals surface area contributed by atoms with E-state index < -0.39 is 39.7 Å². The molecule has 1 N–H and O–H groups in total. The molecule has 0 unspecified atom stereocenters. The first-order valence-electron chi connectivity index (χ1n) is 10.1. The van der Waals surface area contributed by atoms with E-state index in [0.717, 1.165) is 17.4 Å². The second-order valence-corrected chi connectivity index (χ2v) is 8.34. The fraction of sp³-hybridized carbons (Fsp3) is 0.174. The number of phenolic OH excluding ortho intramolecular Hbond substituents is 1. The normalized spacial score (nSPS) is 15.6. The van der Waals surface area contributed by atoms with E-state index >= 15 is 0 Å². The fourth-order valence-electron chi connectivity index (χ4n) is 3.71. The first-order chi connectivity index (χ1) is 16.2. The number of rotatable bonds is 5. The fourth-order valence-corrected chi connectivity index (χ4v) is 4.74. The number of nitro groups is 1. The van der Waals surface area contributed by atoms with E-state index in [0.29, 0.717) is 11.3 Å². The number of nitrogens with zero attached hydrogens (tertiary/aromatic N) is 3. The van der Waals surface area contributed by atoms with Crippen LogP contribution in [0.25, 0.3) is 6.08 Å². The average molecular weight is 483 g/mol. The predicted octanol–water partition coefficient (Wildman–Crippen LogP) is 2.55. The summed E-state index contributed by atoms with van der Waals surface area (Å²) in [5, 5.41) is 21.4. The molecule has 11 heteroatoms. The molecule has 2 aromatic carbocycles. The molecule has 1 aliphatic rings. The first kappa shape index (κ1) is 23.1. The van der Waals surface area contributed by atoms with E-state index in [1.165, 1.54) is 47.0 Å². The monoisotopic (exact) mass is 483 g/mol. The number of carbonyl (C=O) groups excluding carboxylic acids is 1. The Balaban J connectivity index is 1.97. The van der Waals surface area contributed by atoms with Gasteiger partial charge in [0, 0.05) is 11.6 Å². The highest BCUT2D eigenvalue weighted by molar-refractivity contribution is 7.07. The molecule has 1 aromatic heterocycles. The maximum atomic E-state index is 13.6. The second-order valence-electron chi connectivity index (χ2n) is 7.33. The van der Waals surface area contributed by atoms with E-state index in [2.05, 4.69) is 4.99 Å². The van der Waals surface area contributed by atoms with Gasteiger partial charge in [0.2, 0.25) is 5.75 Å². The highest BCUT2D eigenvalue weighted by atomic mass is 32.1. The Kier molecular flexibility index (Phi) is 6.12. The molecule has 9 nitrogen and oxygen atoms in total. The number of aromatic hydroxyl groups is 1. The van der Waals surface area contributed by atoms with E-state index in [9.17, 15) is 29.2 Å². The number of para-hydroxylation sites is 1. The first-order valence-corrected chi connectivity index (χ1v) is 11.0. The molecule has 1 aliphatic heterocycles. The minimum atomic E-state index is -0.920. The molecule has 34 heavy (non-hydrogen) atoms. The van der Waals surface area contributed by atoms with Crippen LogP contribution in [-0.2, 0) is 9.53 Å². The van der Waals surface area contributed by atoms with Gasteiger partial charge in [0.25, 0.3) is 5.56 Å². The summed E-state index contributed by atoms with van der Waals surface area (Å²) < 4.78 is 20.2. The standard InChI is InChI=1S/C23H18FN3O6S/c1-3-33-22(30)18-12(2)25-23-26(19(18)13-7-9-15(24)10-8-13)21(29)17(34-23)11-14-5-4-6-16(20(14)28)27(31)32/h4-11,19,28H,3H2,1-2H3/b17-11+/t19-/m0/s1. The van der Waals surface area contributed by atoms with Crippen LogP contribution in [0.15, 0.2) is 63.5 Å². The van der Waals surface area contributed by atoms with Crippen LogP contribution in [-0.4, -0.2) is 27.2 Å². The quantitative estimate of drug-likeness (QED) is 0.338. The van der Waals surface area contributed by atoms with Gasteiger partial charge in [0.05, 0.1) is 33.4 Å². The molecule has 0 bridgehead atoms. The van der Waals surface area contributed by atoms with E-state index in [1.807, 2.05) is 0 Å². The number of phenols is 1. The van der Waals surface area contributed by atoms with Gasteiger partial charge in [-0.25, -0.2) is 14.2 Å². The number of benzene rings is 2. The van der Waals surface area contributed by atoms with Gasteiger partial charge in [-0.05, 0) is 37.6 Å². The smallest absolute Gasteiger partial charge is 0.338 e. The van der Waals surface area contributed by atoms with Crippen LogP contribution < -0.4 is 14.9 Å². The van der Waals surface area contributed by atoms with Crippen LogP contribution in [0, 0.1) is 15.9 Å². The third kappa shape index (κ3) is 4.01. The number of thiazole rings is 1. The zero-order chi connectivity index (χ0) is 24.6. The maximum absolute atomic E-state index is 13.6. The van der Waals surface area contributed by atoms with Crippen molar-refractivity contribution in [2.45, 2.75) is 19.9 Å². The van der Waals surface area contributed by atoms with Crippen molar-refractivity contribution in [3.63, 3.8) is 0 Å². The molecular formula is C23H18FN3O6S. The molecule has 0 fully saturated rings. The van der Waals surface area contributed by atoms with Gasteiger partial charge in [-0.2, -0.15) is 0 Å². The summed E-state index contributed by atoms with van der Waals surface area (Å²) in [4.78, 5) is 41.4. The highest BCUT2D eigenvalue weighted by Gasteiger charge is 2.33. The maximum Gasteiger partial charge on any atom is 0.338 e. The minimum Gasteiger partial charge on any atom is -0.502 e. The number of fused-ring (bicyclic) bond motifs is 1. The zero-order valence-electron chi connectivity index (χ0n) is 18.0. The van der Waals surface area contributed by atoms with Crippen molar-refractivity contribution < 1.29 is 24.0 Å². The summed E-state index contributed by atoms with van der Waals surface area (Å²) in [6.07, 6.45) is 1.33. The Morgan fingerprint density at radius 1 is 1.32 bits per heavy atom. The van der Waals surface area contributed by atoms with Crippen molar-refractivity contribution in [2.24, 2.45) is 4.99 Å². The number of ether oxygens (including phenoxy) is 1. The lowest BCUT2D eigenvalue weighted by Gasteiger charge is -2.24. The van der Waals surface area contributed by atoms with Crippen molar-refractivity contribution in [1.82, 2.24) is 4.57 Å². The number of hydrogen-bond donors (Lipinski definition) is 1. The number of allylic oxidation sites excluding steroid dienone is 1. The SMILES string of the molecule is CCOC(=O)C1=C(C)N=c2s/c(=C/c3cccc([N+](=O)[O-])c3O)c(=O)n2[C@H]1c1ccc(F)cc1. The topological polar surface area (TPSA) is 124 Å². The molecule has 0 amide bonds. The van der Waals surface area contributed by atoms with Crippen LogP contribution in [0.2, 0.25) is 0 Å². The summed E-state index contributed by atoms with van der Waals surface area (Å²) >= 11 is 0.999. The molecule has 1 atom stereocenters. The summed E-state index contributed by atoms with van der Waals surface area (Å²) in [6, 6.07) is 8.46. The Morgan fingerprint density at radius 2 is 2.03 bits per heavy atom. The number of aromatic nitrogens is 1. The summed E-state index contributed by atoms with van der Waals surface area (Å²) in [7, 11) is 0. The van der Waals surface area contributed by atoms with E-state index in [4.69, 9.17) is 4.74 Å². The van der Waals surface area contributed by atoms with Crippen LogP contribution in [0.1, 0.15) is 31.0 Å². The third-order valence-electron chi connectivity index (χ3n) is 5.23. The molecule has 2 heterocycles. The number of esters is 1. The van der Waals surface area contributed by atoms with E-state index in [-0.39, 0.29) is 27.1 Å². The van der Waals surface area contributed by atoms with Crippen molar-refractivity contribution in [1.29, 1.82) is 0 Å². The summed E-state index contributed by atoms with van der Waals surface area (Å²) in [5.74, 6) is -1.70. The lowest BCUT2D eigenvalue weighted by atomic mass is 9.96. The van der Waals surface area contributed by atoms with Crippen LogP contribution in [0.3, 0.4) is 0 Å². The average Bonchev–Trinajstić information content (AvgIpc) is 3.09. The lowest BCUT2D eigenvalue weighted by Crippen LogP contribution is -2.39. The molecule has 3 aromatic rings. The predicted molar refractivity (Wildman–Crippen MR) is 122 cm³/mol. The van der Waals surface area contributed by atoms with Gasteiger partial charge in [-0.15, -0.1) is 0 Å². The summed E-state index contributed by atoms with van der Waals surface area (Å²) in [6.45, 7) is 3.38. The molecule has 0 saturated carbocycles. The molecule has 0 spiro atoms. The van der Waals surface area contributed by atoms with Gasteiger partial charge in [0.1, 0.15) is 5.82 Å². The van der Waals surface area contributed by atoms with Crippen molar-refractivity contribution >= 4 is 29.1 Å². The van der Waals surface area contributed by atoms with Gasteiger partial charge >= 0.3 is 11.7 Å². The number of halogens is 1. The highest BCUT2D eigenvalue weighted by Crippen LogP contribution is 2.31. The lowest BCUT2D eigenvalue weighted by molar-refractivity contribution is -0.385. The van der Waals surface area contributed by atoms with Crippen LogP contribution in [0.5, 0.6) is 5.75 Å². The molecule has 0 radical (unpaired) electrons. The van der Waals surface area contributed by atoms with Crippen molar-refractivity contribution in [3.8, 4) is 5.75 Å². The molecular weight excluding hydrogens is 465 g/mol. The summed E-state index contributed by atoms with van der Waals surface area (Å²) in [5.41, 5.74) is 0.0255. The van der Waals surface area contributed by atoms with Gasteiger partial charge in [0.15, 0.2) is 4.80 Å². The number of nitro benzene ring substituents is 1. The van der Waals surface area contributed by atoms with E-state index in [1.54, 1.807) is 13.8 Å². The largest absolute Gasteiger partial charge is 0.502 e. The Hall–Kier alpha value is -4.12. The van der Waals surface area contributed by atoms with Gasteiger partial charge in [-0.3, -0.25) is 19.5 Å². The van der Waals surface area contributed by atoms with Gasteiger partial charge < -0.3 is 9.84 Å². The zero-order valence-corrected chi connectivity index (χ0v) is 18.8. The van der Waals surface area contributed by atoms with Crippen LogP contribution in [0.4, 0.5) is 10.1 Å². The second kappa shape index (κ2) is 9.02. The molecule has 0 saturated heterocycles. The van der Waals surface area contributed by atoms with Crippen molar-refractivity contribution in [2.75, 3.05) is 6.61 Å². The number of hydrogen-bond acceptors (Lipinski definition) is 8. The third-order valence-corrected chi connectivity index (χ3v) is 6.21. The van der Waals surface area contributed by atoms with Crippen molar-refractivity contribution in [3.05, 3.63) is 100 Å². The van der Waals surface area contributed by atoms with Gasteiger partial charge in [-0.1, -0.05) is 35.6 Å². The molecule has 0 aliphatic carbocycles. The molecule has 4 rings (SSSR count).